The van der Waals surface area contributed by atoms with E-state index in [2.05, 4.69) is 10.3 Å². The van der Waals surface area contributed by atoms with E-state index in [1.54, 1.807) is 5.38 Å². The van der Waals surface area contributed by atoms with E-state index < -0.39 is 12.1 Å². The largest absolute Gasteiger partial charge is 0.442 e. The van der Waals surface area contributed by atoms with Crippen molar-refractivity contribution in [3.63, 3.8) is 0 Å². The van der Waals surface area contributed by atoms with Crippen LogP contribution >= 0.6 is 11.3 Å². The van der Waals surface area contributed by atoms with Crippen LogP contribution in [0, 0.1) is 11.3 Å². The van der Waals surface area contributed by atoms with Crippen LogP contribution < -0.4 is 5.32 Å². The van der Waals surface area contributed by atoms with Gasteiger partial charge in [-0.05, 0) is 12.5 Å². The monoisotopic (exact) mass is 287 g/mol. The number of hydrogen-bond donors (Lipinski definition) is 1. The lowest BCUT2D eigenvalue weighted by molar-refractivity contribution is 0.0429. The number of ether oxygens (including phenoxy) is 1. The van der Waals surface area contributed by atoms with Gasteiger partial charge in [0.05, 0.1) is 0 Å². The van der Waals surface area contributed by atoms with Crippen molar-refractivity contribution in [2.24, 2.45) is 0 Å². The maximum absolute atomic E-state index is 11.6. The minimum atomic E-state index is -0.773. The molecule has 20 heavy (non-hydrogen) atoms. The van der Waals surface area contributed by atoms with Gasteiger partial charge in [-0.25, -0.2) is 9.78 Å². The van der Waals surface area contributed by atoms with Gasteiger partial charge in [0, 0.05) is 11.9 Å². The lowest BCUT2D eigenvalue weighted by atomic mass is 10.2. The molecule has 0 saturated carbocycles. The van der Waals surface area contributed by atoms with Crippen molar-refractivity contribution < 1.29 is 9.53 Å². The van der Waals surface area contributed by atoms with Gasteiger partial charge >= 0.3 is 5.97 Å². The van der Waals surface area contributed by atoms with E-state index in [4.69, 9.17) is 10.00 Å². The predicted octanol–water partition coefficient (Wildman–Crippen LogP) is 2.82. The Bertz CT molecular complexity index is 619. The van der Waals surface area contributed by atoms with Crippen molar-refractivity contribution in [3.05, 3.63) is 47.0 Å². The Morgan fingerprint density at radius 2 is 2.25 bits per heavy atom. The fourth-order valence-electron chi connectivity index (χ4n) is 1.47. The fourth-order valence-corrected chi connectivity index (χ4v) is 2.15. The average Bonchev–Trinajstić information content (AvgIpc) is 2.95. The zero-order valence-electron chi connectivity index (χ0n) is 10.9. The quantitative estimate of drug-likeness (QED) is 0.856. The van der Waals surface area contributed by atoms with Gasteiger partial charge in [0.15, 0.2) is 16.9 Å². The van der Waals surface area contributed by atoms with Gasteiger partial charge in [0.25, 0.3) is 0 Å². The molecule has 0 amide bonds. The summed E-state index contributed by atoms with van der Waals surface area (Å²) in [6.45, 7) is 2.15. The topological polar surface area (TPSA) is 75.0 Å². The third-order valence-corrected chi connectivity index (χ3v) is 3.27. The van der Waals surface area contributed by atoms with Gasteiger partial charge in [-0.1, -0.05) is 30.3 Å². The van der Waals surface area contributed by atoms with E-state index in [0.29, 0.717) is 11.7 Å². The second kappa shape index (κ2) is 6.68. The maximum atomic E-state index is 11.6. The summed E-state index contributed by atoms with van der Waals surface area (Å²) < 4.78 is 4.88. The second-order valence-electron chi connectivity index (χ2n) is 4.05. The molecule has 0 bridgehead atoms. The molecule has 1 aromatic heterocycles. The van der Waals surface area contributed by atoms with Gasteiger partial charge < -0.3 is 10.1 Å². The maximum Gasteiger partial charge on any atom is 0.359 e. The SMILES string of the molecule is CC(C#N)OC(=O)c1csc(NCc2ccccc2)n1. The molecule has 1 atom stereocenters. The number of esters is 1. The summed E-state index contributed by atoms with van der Waals surface area (Å²) >= 11 is 1.33. The van der Waals surface area contributed by atoms with Crippen LogP contribution in [0.25, 0.3) is 0 Å². The summed E-state index contributed by atoms with van der Waals surface area (Å²) in [5.41, 5.74) is 1.34. The van der Waals surface area contributed by atoms with Crippen molar-refractivity contribution in [1.29, 1.82) is 5.26 Å². The second-order valence-corrected chi connectivity index (χ2v) is 4.91. The highest BCUT2D eigenvalue weighted by Gasteiger charge is 2.15. The van der Waals surface area contributed by atoms with Crippen LogP contribution in [0.3, 0.4) is 0 Å². The smallest absolute Gasteiger partial charge is 0.359 e. The molecule has 1 heterocycles. The number of hydrogen-bond acceptors (Lipinski definition) is 6. The molecule has 2 aromatic rings. The van der Waals surface area contributed by atoms with Gasteiger partial charge in [0.2, 0.25) is 0 Å². The first-order valence-corrected chi connectivity index (χ1v) is 6.91. The highest BCUT2D eigenvalue weighted by Crippen LogP contribution is 2.17. The van der Waals surface area contributed by atoms with E-state index in [1.807, 2.05) is 36.4 Å². The zero-order valence-corrected chi connectivity index (χ0v) is 11.7. The van der Waals surface area contributed by atoms with Crippen LogP contribution in [0.1, 0.15) is 23.0 Å². The highest BCUT2D eigenvalue weighted by molar-refractivity contribution is 7.13. The number of anilines is 1. The minimum Gasteiger partial charge on any atom is -0.442 e. The summed E-state index contributed by atoms with van der Waals surface area (Å²) in [6.07, 6.45) is -0.773. The van der Waals surface area contributed by atoms with E-state index in [9.17, 15) is 4.79 Å². The standard InChI is InChI=1S/C14H13N3O2S/c1-10(7-15)19-13(18)12-9-20-14(17-12)16-8-11-5-3-2-4-6-11/h2-6,9-10H,8H2,1H3,(H,16,17). The molecule has 0 radical (unpaired) electrons. The van der Waals surface area contributed by atoms with Crippen LogP contribution in [-0.4, -0.2) is 17.1 Å². The number of nitrogens with zero attached hydrogens (tertiary/aromatic N) is 2. The van der Waals surface area contributed by atoms with E-state index in [1.165, 1.54) is 18.3 Å². The zero-order chi connectivity index (χ0) is 14.4. The van der Waals surface area contributed by atoms with Gasteiger partial charge in [-0.15, -0.1) is 11.3 Å². The number of rotatable bonds is 5. The van der Waals surface area contributed by atoms with Crippen molar-refractivity contribution in [2.75, 3.05) is 5.32 Å². The Morgan fingerprint density at radius 1 is 1.50 bits per heavy atom. The Morgan fingerprint density at radius 3 is 2.95 bits per heavy atom. The number of thiazole rings is 1. The Hall–Kier alpha value is -2.39. The normalized spacial score (nSPS) is 11.4. The molecule has 0 saturated heterocycles. The molecular formula is C14H13N3O2S. The molecule has 0 aliphatic heterocycles. The summed E-state index contributed by atoms with van der Waals surface area (Å²) in [7, 11) is 0. The molecule has 0 aliphatic carbocycles. The molecule has 0 fully saturated rings. The number of nitrogens with one attached hydrogen (secondary N) is 1. The predicted molar refractivity (Wildman–Crippen MR) is 76.4 cm³/mol. The third-order valence-electron chi connectivity index (χ3n) is 2.47. The Labute approximate surface area is 120 Å². The van der Waals surface area contributed by atoms with Crippen LogP contribution in [-0.2, 0) is 11.3 Å². The lowest BCUT2D eigenvalue weighted by Gasteiger charge is -2.03. The molecule has 1 aromatic carbocycles. The molecule has 5 nitrogen and oxygen atoms in total. The third kappa shape index (κ3) is 3.80. The molecule has 102 valence electrons. The summed E-state index contributed by atoms with van der Waals surface area (Å²) in [5.74, 6) is -0.580. The highest BCUT2D eigenvalue weighted by atomic mass is 32.1. The summed E-state index contributed by atoms with van der Waals surface area (Å²) in [5, 5.41) is 14.0. The van der Waals surface area contributed by atoms with E-state index in [-0.39, 0.29) is 5.69 Å². The van der Waals surface area contributed by atoms with Gasteiger partial charge in [0.1, 0.15) is 6.07 Å². The molecule has 1 unspecified atom stereocenters. The number of benzene rings is 1. The van der Waals surface area contributed by atoms with Crippen LogP contribution in [0.5, 0.6) is 0 Å². The molecule has 6 heteroatoms. The van der Waals surface area contributed by atoms with Crippen molar-refractivity contribution in [3.8, 4) is 6.07 Å². The Kier molecular flexibility index (Phi) is 4.69. The van der Waals surface area contributed by atoms with Gasteiger partial charge in [-0.2, -0.15) is 5.26 Å². The number of aromatic nitrogens is 1. The number of carbonyl (C=O) groups is 1. The Balaban J connectivity index is 1.92. The van der Waals surface area contributed by atoms with Crippen LogP contribution in [0.2, 0.25) is 0 Å². The molecule has 2 rings (SSSR count). The van der Waals surface area contributed by atoms with Crippen LogP contribution in [0.4, 0.5) is 5.13 Å². The van der Waals surface area contributed by atoms with E-state index >= 15 is 0 Å². The van der Waals surface area contributed by atoms with Crippen molar-refractivity contribution in [2.45, 2.75) is 19.6 Å². The first kappa shape index (κ1) is 14.0. The van der Waals surface area contributed by atoms with E-state index in [0.717, 1.165) is 5.56 Å². The molecular weight excluding hydrogens is 274 g/mol. The summed E-state index contributed by atoms with van der Waals surface area (Å²) in [4.78, 5) is 15.8. The molecule has 0 aliphatic rings. The fraction of sp³-hybridized carbons (Fsp3) is 0.214. The summed E-state index contributed by atoms with van der Waals surface area (Å²) in [6, 6.07) is 11.7. The first-order valence-electron chi connectivity index (χ1n) is 6.03. The van der Waals surface area contributed by atoms with Crippen molar-refractivity contribution >= 4 is 22.4 Å². The average molecular weight is 287 g/mol. The first-order chi connectivity index (χ1) is 9.69. The molecule has 1 N–H and O–H groups in total. The lowest BCUT2D eigenvalue weighted by Crippen LogP contribution is -2.13. The molecule has 0 spiro atoms. The number of carbonyl (C=O) groups excluding carboxylic acids is 1. The minimum absolute atomic E-state index is 0.215. The van der Waals surface area contributed by atoms with Crippen LogP contribution in [0.15, 0.2) is 35.7 Å². The van der Waals surface area contributed by atoms with Crippen molar-refractivity contribution in [1.82, 2.24) is 4.98 Å². The van der Waals surface area contributed by atoms with Gasteiger partial charge in [-0.3, -0.25) is 0 Å². The number of nitriles is 1.